The van der Waals surface area contributed by atoms with Crippen LogP contribution in [-0.4, -0.2) is 48.8 Å². The normalized spacial score (nSPS) is 11.5. The summed E-state index contributed by atoms with van der Waals surface area (Å²) in [5.41, 5.74) is 1.08. The van der Waals surface area contributed by atoms with Crippen LogP contribution in [0, 0.1) is 5.92 Å². The van der Waals surface area contributed by atoms with Crippen molar-refractivity contribution in [2.24, 2.45) is 5.92 Å². The SMILES string of the molecule is CC(Cc1ccccc1)C(=O)O.[Ca+2].[H-].[H-]. The van der Waals surface area contributed by atoms with E-state index in [1.165, 1.54) is 0 Å². The minimum absolute atomic E-state index is 0. The molecule has 0 aromatic heterocycles. The summed E-state index contributed by atoms with van der Waals surface area (Å²) in [5.74, 6) is -1.04. The molecule has 1 aromatic rings. The first-order chi connectivity index (χ1) is 5.70. The van der Waals surface area contributed by atoms with Crippen LogP contribution in [-0.2, 0) is 11.2 Å². The summed E-state index contributed by atoms with van der Waals surface area (Å²) in [6.45, 7) is 1.72. The van der Waals surface area contributed by atoms with Crippen LogP contribution in [0.4, 0.5) is 0 Å². The monoisotopic (exact) mass is 206 g/mol. The van der Waals surface area contributed by atoms with Crippen LogP contribution in [0.3, 0.4) is 0 Å². The van der Waals surface area contributed by atoms with E-state index in [4.69, 9.17) is 5.11 Å². The summed E-state index contributed by atoms with van der Waals surface area (Å²) in [5, 5.41) is 8.64. The fourth-order valence-corrected chi connectivity index (χ4v) is 1.05. The maximum absolute atomic E-state index is 10.5. The van der Waals surface area contributed by atoms with Gasteiger partial charge in [0.2, 0.25) is 0 Å². The third-order valence-electron chi connectivity index (χ3n) is 1.81. The number of rotatable bonds is 3. The molecular weight excluding hydrogens is 192 g/mol. The van der Waals surface area contributed by atoms with Crippen molar-refractivity contribution in [3.63, 3.8) is 0 Å². The molecule has 0 saturated carbocycles. The van der Waals surface area contributed by atoms with E-state index >= 15 is 0 Å². The third kappa shape index (κ3) is 4.65. The summed E-state index contributed by atoms with van der Waals surface area (Å²) in [4.78, 5) is 10.5. The van der Waals surface area contributed by atoms with E-state index in [1.54, 1.807) is 6.92 Å². The molecule has 1 unspecified atom stereocenters. The third-order valence-corrected chi connectivity index (χ3v) is 1.81. The minimum atomic E-state index is -0.737. The smallest absolute Gasteiger partial charge is 1.00 e. The van der Waals surface area contributed by atoms with Crippen molar-refractivity contribution in [3.05, 3.63) is 35.9 Å². The fourth-order valence-electron chi connectivity index (χ4n) is 1.05. The summed E-state index contributed by atoms with van der Waals surface area (Å²) in [6.07, 6.45) is 0.607. The van der Waals surface area contributed by atoms with E-state index in [2.05, 4.69) is 0 Å². The average molecular weight is 206 g/mol. The molecule has 68 valence electrons. The molecule has 0 heterocycles. The largest absolute Gasteiger partial charge is 2.00 e. The van der Waals surface area contributed by atoms with Crippen LogP contribution < -0.4 is 0 Å². The van der Waals surface area contributed by atoms with Gasteiger partial charge in [0.25, 0.3) is 0 Å². The number of benzene rings is 1. The Balaban J connectivity index is -0.000000480. The van der Waals surface area contributed by atoms with Crippen molar-refractivity contribution in [2.45, 2.75) is 13.3 Å². The molecule has 0 bridgehead atoms. The molecule has 1 aromatic carbocycles. The Morgan fingerprint density at radius 3 is 2.46 bits per heavy atom. The molecule has 0 aliphatic rings. The first-order valence-corrected chi connectivity index (χ1v) is 3.97. The van der Waals surface area contributed by atoms with Gasteiger partial charge in [0.1, 0.15) is 0 Å². The molecular formula is C10H14CaO2. The summed E-state index contributed by atoms with van der Waals surface area (Å²) < 4.78 is 0. The standard InChI is InChI=1S/C10H12O2.Ca.2H/c1-8(10(11)12)7-9-5-3-2-4-6-9;;;/h2-6,8H,7H2,1H3,(H,11,12);;;/q;+2;2*-1. The number of aliphatic carboxylic acids is 1. The zero-order valence-electron chi connectivity index (χ0n) is 9.73. The molecule has 13 heavy (non-hydrogen) atoms. The van der Waals surface area contributed by atoms with Crippen LogP contribution in [0.2, 0.25) is 0 Å². The molecule has 2 nitrogen and oxygen atoms in total. The Bertz CT molecular complexity index is 267. The predicted octanol–water partition coefficient (Wildman–Crippen LogP) is 1.79. The van der Waals surface area contributed by atoms with E-state index in [1.807, 2.05) is 30.3 Å². The van der Waals surface area contributed by atoms with Gasteiger partial charge in [-0.3, -0.25) is 4.79 Å². The van der Waals surface area contributed by atoms with Gasteiger partial charge in [-0.25, -0.2) is 0 Å². The van der Waals surface area contributed by atoms with Gasteiger partial charge < -0.3 is 7.96 Å². The topological polar surface area (TPSA) is 37.3 Å². The minimum Gasteiger partial charge on any atom is -1.00 e. The quantitative estimate of drug-likeness (QED) is 0.766. The molecule has 0 saturated heterocycles. The van der Waals surface area contributed by atoms with Crippen LogP contribution in [0.1, 0.15) is 15.3 Å². The molecule has 0 spiro atoms. The Morgan fingerprint density at radius 1 is 1.46 bits per heavy atom. The van der Waals surface area contributed by atoms with E-state index in [9.17, 15) is 4.79 Å². The second-order valence-corrected chi connectivity index (χ2v) is 2.93. The summed E-state index contributed by atoms with van der Waals surface area (Å²) in [7, 11) is 0. The molecule has 0 radical (unpaired) electrons. The number of carbonyl (C=O) groups is 1. The predicted molar refractivity (Wildman–Crippen MR) is 54.9 cm³/mol. The Morgan fingerprint density at radius 2 is 2.00 bits per heavy atom. The van der Waals surface area contributed by atoms with Crippen LogP contribution >= 0.6 is 0 Å². The van der Waals surface area contributed by atoms with Crippen molar-refractivity contribution in [2.75, 3.05) is 0 Å². The van der Waals surface area contributed by atoms with Crippen molar-refractivity contribution >= 4 is 43.7 Å². The van der Waals surface area contributed by atoms with E-state index in [0.717, 1.165) is 5.56 Å². The first-order valence-electron chi connectivity index (χ1n) is 3.97. The molecule has 1 atom stereocenters. The molecule has 3 heteroatoms. The second kappa shape index (κ2) is 6.41. The van der Waals surface area contributed by atoms with Gasteiger partial charge in [0, 0.05) is 0 Å². The molecule has 0 fully saturated rings. The number of hydrogen-bond donors (Lipinski definition) is 1. The van der Waals surface area contributed by atoms with E-state index < -0.39 is 5.97 Å². The van der Waals surface area contributed by atoms with Crippen molar-refractivity contribution in [3.8, 4) is 0 Å². The Hall–Kier alpha value is -0.0503. The van der Waals surface area contributed by atoms with Crippen LogP contribution in [0.5, 0.6) is 0 Å². The molecule has 0 amide bonds. The number of carboxylic acids is 1. The van der Waals surface area contributed by atoms with Crippen molar-refractivity contribution in [1.82, 2.24) is 0 Å². The second-order valence-electron chi connectivity index (χ2n) is 2.93. The zero-order valence-corrected chi connectivity index (χ0v) is 9.94. The maximum Gasteiger partial charge on any atom is 2.00 e. The van der Waals surface area contributed by atoms with Gasteiger partial charge in [-0.05, 0) is 12.0 Å². The van der Waals surface area contributed by atoms with Gasteiger partial charge in [-0.2, -0.15) is 0 Å². The van der Waals surface area contributed by atoms with Gasteiger partial charge in [0.05, 0.1) is 5.92 Å². The molecule has 1 rings (SSSR count). The van der Waals surface area contributed by atoms with Gasteiger partial charge in [0.15, 0.2) is 0 Å². The molecule has 1 N–H and O–H groups in total. The van der Waals surface area contributed by atoms with Crippen LogP contribution in [0.15, 0.2) is 30.3 Å². The fraction of sp³-hybridized carbons (Fsp3) is 0.300. The molecule has 0 aliphatic carbocycles. The van der Waals surface area contributed by atoms with E-state index in [-0.39, 0.29) is 46.5 Å². The Kier molecular flexibility index (Phi) is 6.39. The van der Waals surface area contributed by atoms with Gasteiger partial charge >= 0.3 is 43.7 Å². The van der Waals surface area contributed by atoms with Gasteiger partial charge in [-0.1, -0.05) is 37.3 Å². The van der Waals surface area contributed by atoms with Crippen molar-refractivity contribution < 1.29 is 12.8 Å². The van der Waals surface area contributed by atoms with Gasteiger partial charge in [-0.15, -0.1) is 0 Å². The maximum atomic E-state index is 10.5. The number of carboxylic acid groups (broad SMARTS) is 1. The first kappa shape index (κ1) is 12.9. The van der Waals surface area contributed by atoms with E-state index in [0.29, 0.717) is 6.42 Å². The number of hydrogen-bond acceptors (Lipinski definition) is 1. The summed E-state index contributed by atoms with van der Waals surface area (Å²) >= 11 is 0. The molecule has 0 aliphatic heterocycles. The van der Waals surface area contributed by atoms with Crippen molar-refractivity contribution in [1.29, 1.82) is 0 Å². The zero-order chi connectivity index (χ0) is 8.97. The van der Waals surface area contributed by atoms with Crippen LogP contribution in [0.25, 0.3) is 0 Å². The summed E-state index contributed by atoms with van der Waals surface area (Å²) in [6, 6.07) is 9.65. The Labute approximate surface area is 111 Å². The average Bonchev–Trinajstić information content (AvgIpc) is 2.06.